The van der Waals surface area contributed by atoms with Crippen LogP contribution in [0.25, 0.3) is 11.3 Å². The second-order valence-corrected chi connectivity index (χ2v) is 6.40. The average molecular weight is 320 g/mol. The van der Waals surface area contributed by atoms with Crippen molar-refractivity contribution in [1.82, 2.24) is 19.7 Å². The molecular formula is C11H11F3N4O2S. The van der Waals surface area contributed by atoms with E-state index in [1.165, 1.54) is 24.0 Å². The van der Waals surface area contributed by atoms with Crippen molar-refractivity contribution >= 4 is 9.84 Å². The first-order valence-electron chi connectivity index (χ1n) is 5.81. The van der Waals surface area contributed by atoms with Crippen molar-refractivity contribution in [3.8, 4) is 11.3 Å². The molecule has 2 aromatic heterocycles. The summed E-state index contributed by atoms with van der Waals surface area (Å²) in [4.78, 5) is 6.85. The molecule has 0 saturated carbocycles. The van der Waals surface area contributed by atoms with E-state index in [1.54, 1.807) is 7.05 Å². The van der Waals surface area contributed by atoms with Gasteiger partial charge in [0.25, 0.3) is 0 Å². The number of aromatic nitrogens is 4. The molecule has 114 valence electrons. The van der Waals surface area contributed by atoms with Crippen LogP contribution in [0.1, 0.15) is 12.6 Å². The van der Waals surface area contributed by atoms with Gasteiger partial charge >= 0.3 is 6.18 Å². The van der Waals surface area contributed by atoms with Crippen LogP contribution in [-0.2, 0) is 23.1 Å². The number of hydrogen-bond acceptors (Lipinski definition) is 5. The van der Waals surface area contributed by atoms with Gasteiger partial charge in [0.2, 0.25) is 15.0 Å². The zero-order valence-electron chi connectivity index (χ0n) is 11.1. The molecule has 0 spiro atoms. The number of halogens is 3. The van der Waals surface area contributed by atoms with Crippen molar-refractivity contribution in [1.29, 1.82) is 0 Å². The van der Waals surface area contributed by atoms with Gasteiger partial charge in [0.05, 0.1) is 17.6 Å². The van der Waals surface area contributed by atoms with Gasteiger partial charge in [0, 0.05) is 18.8 Å². The summed E-state index contributed by atoms with van der Waals surface area (Å²) in [7, 11) is -2.37. The minimum atomic E-state index is -4.77. The van der Waals surface area contributed by atoms with Crippen molar-refractivity contribution in [2.75, 3.05) is 5.75 Å². The van der Waals surface area contributed by atoms with E-state index in [-0.39, 0.29) is 17.0 Å². The first-order chi connectivity index (χ1) is 9.63. The van der Waals surface area contributed by atoms with E-state index in [9.17, 15) is 21.6 Å². The van der Waals surface area contributed by atoms with Crippen LogP contribution >= 0.6 is 0 Å². The summed E-state index contributed by atoms with van der Waals surface area (Å²) in [5, 5.41) is 2.99. The summed E-state index contributed by atoms with van der Waals surface area (Å²) in [6.45, 7) is 1.31. The number of sulfone groups is 1. The van der Waals surface area contributed by atoms with Gasteiger partial charge in [-0.15, -0.1) is 0 Å². The third-order valence-electron chi connectivity index (χ3n) is 2.65. The molecule has 2 rings (SSSR count). The molecule has 0 atom stereocenters. The van der Waals surface area contributed by atoms with E-state index >= 15 is 0 Å². The molecule has 0 saturated heterocycles. The Balaban J connectivity index is 2.69. The molecule has 0 aliphatic carbocycles. The third kappa shape index (κ3) is 3.20. The molecule has 21 heavy (non-hydrogen) atoms. The number of hydrogen-bond donors (Lipinski definition) is 0. The SMILES string of the molecule is CCS(=O)(=O)c1nc(-c2cnn(C)c2)cc(C(F)(F)F)n1. The predicted octanol–water partition coefficient (Wildman–Crippen LogP) is 1.69. The average Bonchev–Trinajstić information content (AvgIpc) is 2.84. The van der Waals surface area contributed by atoms with Crippen molar-refractivity contribution in [3.63, 3.8) is 0 Å². The van der Waals surface area contributed by atoms with Gasteiger partial charge in [0.1, 0.15) is 5.69 Å². The number of alkyl halides is 3. The fourth-order valence-corrected chi connectivity index (χ4v) is 2.27. The van der Waals surface area contributed by atoms with Crippen LogP contribution in [0.5, 0.6) is 0 Å². The minimum Gasteiger partial charge on any atom is -0.275 e. The van der Waals surface area contributed by atoms with Crippen molar-refractivity contribution < 1.29 is 21.6 Å². The Morgan fingerprint density at radius 3 is 2.43 bits per heavy atom. The number of nitrogens with zero attached hydrogens (tertiary/aromatic N) is 4. The smallest absolute Gasteiger partial charge is 0.275 e. The highest BCUT2D eigenvalue weighted by Crippen LogP contribution is 2.30. The van der Waals surface area contributed by atoms with Gasteiger partial charge in [0.15, 0.2) is 0 Å². The molecule has 0 N–H and O–H groups in total. The van der Waals surface area contributed by atoms with E-state index in [4.69, 9.17) is 0 Å². The molecule has 0 aliphatic heterocycles. The second-order valence-electron chi connectivity index (χ2n) is 4.22. The summed E-state index contributed by atoms with van der Waals surface area (Å²) < 4.78 is 63.5. The molecule has 2 heterocycles. The highest BCUT2D eigenvalue weighted by molar-refractivity contribution is 7.91. The molecule has 0 radical (unpaired) electrons. The van der Waals surface area contributed by atoms with Gasteiger partial charge < -0.3 is 0 Å². The zero-order chi connectivity index (χ0) is 15.8. The Hall–Kier alpha value is -1.97. The highest BCUT2D eigenvalue weighted by atomic mass is 32.2. The lowest BCUT2D eigenvalue weighted by Crippen LogP contribution is -2.15. The fourth-order valence-electron chi connectivity index (χ4n) is 1.54. The molecule has 0 bridgehead atoms. The normalized spacial score (nSPS) is 12.6. The summed E-state index contributed by atoms with van der Waals surface area (Å²) >= 11 is 0. The zero-order valence-corrected chi connectivity index (χ0v) is 11.9. The van der Waals surface area contributed by atoms with Crippen LogP contribution in [-0.4, -0.2) is 33.9 Å². The van der Waals surface area contributed by atoms with Gasteiger partial charge in [-0.2, -0.15) is 18.3 Å². The highest BCUT2D eigenvalue weighted by Gasteiger charge is 2.35. The van der Waals surface area contributed by atoms with Gasteiger partial charge in [-0.25, -0.2) is 18.4 Å². The predicted molar refractivity (Wildman–Crippen MR) is 67.0 cm³/mol. The summed E-state index contributed by atoms with van der Waals surface area (Å²) in [5.41, 5.74) is -1.17. The van der Waals surface area contributed by atoms with E-state index in [0.29, 0.717) is 6.07 Å². The quantitative estimate of drug-likeness (QED) is 0.804. The molecule has 6 nitrogen and oxygen atoms in total. The molecule has 0 aromatic carbocycles. The lowest BCUT2D eigenvalue weighted by atomic mass is 10.2. The van der Waals surface area contributed by atoms with Gasteiger partial charge in [-0.3, -0.25) is 4.68 Å². The number of rotatable bonds is 3. The van der Waals surface area contributed by atoms with E-state index < -0.39 is 26.9 Å². The molecule has 0 aliphatic rings. The number of aryl methyl sites for hydroxylation is 1. The maximum atomic E-state index is 12.9. The van der Waals surface area contributed by atoms with E-state index in [1.807, 2.05) is 0 Å². The van der Waals surface area contributed by atoms with Crippen molar-refractivity contribution in [2.45, 2.75) is 18.3 Å². The fraction of sp³-hybridized carbons (Fsp3) is 0.364. The van der Waals surface area contributed by atoms with Crippen LogP contribution in [0, 0.1) is 0 Å². The molecule has 0 amide bonds. The van der Waals surface area contributed by atoms with Crippen molar-refractivity contribution in [3.05, 3.63) is 24.2 Å². The molecule has 2 aromatic rings. The van der Waals surface area contributed by atoms with Gasteiger partial charge in [-0.05, 0) is 6.07 Å². The second kappa shape index (κ2) is 5.10. The Morgan fingerprint density at radius 2 is 1.95 bits per heavy atom. The molecule has 0 fully saturated rings. The largest absolute Gasteiger partial charge is 0.433 e. The molecular weight excluding hydrogens is 309 g/mol. The maximum absolute atomic E-state index is 12.9. The third-order valence-corrected chi connectivity index (χ3v) is 4.15. The van der Waals surface area contributed by atoms with Crippen LogP contribution < -0.4 is 0 Å². The van der Waals surface area contributed by atoms with Crippen LogP contribution in [0.15, 0.2) is 23.6 Å². The monoisotopic (exact) mass is 320 g/mol. The first-order valence-corrected chi connectivity index (χ1v) is 7.47. The summed E-state index contributed by atoms with van der Waals surface area (Å²) in [5.74, 6) is -0.388. The Morgan fingerprint density at radius 1 is 1.29 bits per heavy atom. The van der Waals surface area contributed by atoms with Crippen LogP contribution in [0.4, 0.5) is 13.2 Å². The molecule has 0 unspecified atom stereocenters. The Kier molecular flexibility index (Phi) is 3.74. The summed E-state index contributed by atoms with van der Waals surface area (Å²) in [6, 6.07) is 0.700. The van der Waals surface area contributed by atoms with Gasteiger partial charge in [-0.1, -0.05) is 6.92 Å². The lowest BCUT2D eigenvalue weighted by molar-refractivity contribution is -0.141. The Bertz CT molecular complexity index is 768. The standard InChI is InChI=1S/C11H11F3N4O2S/c1-3-21(19,20)10-16-8(7-5-15-18(2)6-7)4-9(17-10)11(12,13)14/h4-6H,3H2,1-2H3. The topological polar surface area (TPSA) is 77.7 Å². The minimum absolute atomic E-state index is 0.141. The van der Waals surface area contributed by atoms with E-state index in [2.05, 4.69) is 15.1 Å². The van der Waals surface area contributed by atoms with Crippen molar-refractivity contribution in [2.24, 2.45) is 7.05 Å². The Labute approximate surface area is 118 Å². The lowest BCUT2D eigenvalue weighted by Gasteiger charge is -2.09. The first kappa shape index (κ1) is 15.4. The summed E-state index contributed by atoms with van der Waals surface area (Å²) in [6.07, 6.45) is -2.03. The maximum Gasteiger partial charge on any atom is 0.433 e. The van der Waals surface area contributed by atoms with Crippen LogP contribution in [0.3, 0.4) is 0 Å². The molecule has 10 heteroatoms. The van der Waals surface area contributed by atoms with E-state index in [0.717, 1.165) is 0 Å². The van der Waals surface area contributed by atoms with Crippen LogP contribution in [0.2, 0.25) is 0 Å².